The van der Waals surface area contributed by atoms with Crippen LogP contribution in [0, 0.1) is 5.92 Å². The summed E-state index contributed by atoms with van der Waals surface area (Å²) in [5.41, 5.74) is 5.71. The van der Waals surface area contributed by atoms with Gasteiger partial charge in [0.25, 0.3) is 0 Å². The summed E-state index contributed by atoms with van der Waals surface area (Å²) in [6, 6.07) is -1.44. The van der Waals surface area contributed by atoms with Gasteiger partial charge in [-0.15, -0.1) is 12.4 Å². The lowest BCUT2D eigenvalue weighted by atomic mass is 10.0. The number of carbonyl (C=O) groups is 3. The van der Waals surface area contributed by atoms with Gasteiger partial charge in [0, 0.05) is 0 Å². The monoisotopic (exact) mass is 349 g/mol. The van der Waals surface area contributed by atoms with Gasteiger partial charge in [0.2, 0.25) is 11.8 Å². The lowest BCUT2D eigenvalue weighted by Gasteiger charge is -2.31. The maximum atomic E-state index is 11.9. The van der Waals surface area contributed by atoms with Gasteiger partial charge < -0.3 is 25.4 Å². The predicted molar refractivity (Wildman–Crippen MR) is 83.6 cm³/mol. The second-order valence-corrected chi connectivity index (χ2v) is 6.09. The van der Waals surface area contributed by atoms with E-state index in [0.717, 1.165) is 0 Å². The lowest BCUT2D eigenvalue weighted by Crippen LogP contribution is -2.49. The first-order valence-corrected chi connectivity index (χ1v) is 7.47. The minimum Gasteiger partial charge on any atom is -0.461 e. The van der Waals surface area contributed by atoms with E-state index < -0.39 is 18.1 Å². The van der Waals surface area contributed by atoms with E-state index in [-0.39, 0.29) is 49.1 Å². The highest BCUT2D eigenvalue weighted by Gasteiger charge is 2.45. The summed E-state index contributed by atoms with van der Waals surface area (Å²) in [7, 11) is 0. The van der Waals surface area contributed by atoms with Crippen LogP contribution in [0.4, 0.5) is 0 Å². The number of carbonyl (C=O) groups excluding carboxylic acids is 3. The van der Waals surface area contributed by atoms with Crippen LogP contribution in [0.25, 0.3) is 0 Å². The summed E-state index contributed by atoms with van der Waals surface area (Å²) in [5.74, 6) is -0.890. The number of fused-ring (bicyclic) bond motifs is 1. The number of rotatable bonds is 6. The predicted octanol–water partition coefficient (Wildman–Crippen LogP) is -0.603. The van der Waals surface area contributed by atoms with Crippen molar-refractivity contribution in [3.63, 3.8) is 0 Å². The Morgan fingerprint density at radius 3 is 2.61 bits per heavy atom. The largest absolute Gasteiger partial charge is 0.461 e. The van der Waals surface area contributed by atoms with Crippen molar-refractivity contribution in [1.82, 2.24) is 10.2 Å². The zero-order valence-corrected chi connectivity index (χ0v) is 14.3. The van der Waals surface area contributed by atoms with Crippen molar-refractivity contribution in [2.75, 3.05) is 13.2 Å². The van der Waals surface area contributed by atoms with Crippen LogP contribution < -0.4 is 11.1 Å². The Balaban J connectivity index is 0.00000264. The third-order valence-corrected chi connectivity index (χ3v) is 3.91. The molecule has 0 aromatic heterocycles. The first-order valence-electron chi connectivity index (χ1n) is 7.47. The molecular weight excluding hydrogens is 326 g/mol. The molecule has 0 spiro atoms. The highest BCUT2D eigenvalue weighted by Crippen LogP contribution is 2.28. The number of nitrogens with zero attached hydrogens (tertiary/aromatic N) is 1. The summed E-state index contributed by atoms with van der Waals surface area (Å²) in [4.78, 5) is 36.5. The number of nitrogens with one attached hydrogen (secondary N) is 1. The minimum absolute atomic E-state index is 0. The van der Waals surface area contributed by atoms with Gasteiger partial charge >= 0.3 is 5.97 Å². The molecule has 0 aromatic carbocycles. The van der Waals surface area contributed by atoms with Crippen molar-refractivity contribution in [3.05, 3.63) is 0 Å². The summed E-state index contributed by atoms with van der Waals surface area (Å²) in [6.45, 7) is 5.70. The highest BCUT2D eigenvalue weighted by molar-refractivity contribution is 5.87. The number of halogens is 1. The van der Waals surface area contributed by atoms with E-state index in [2.05, 4.69) is 5.32 Å². The highest BCUT2D eigenvalue weighted by atomic mass is 35.5. The molecule has 0 aliphatic carbocycles. The van der Waals surface area contributed by atoms with Crippen molar-refractivity contribution >= 4 is 30.2 Å². The number of nitrogens with two attached hydrogens (primary N) is 1. The lowest BCUT2D eigenvalue weighted by molar-refractivity contribution is -0.160. The van der Waals surface area contributed by atoms with Crippen molar-refractivity contribution in [1.29, 1.82) is 0 Å². The van der Waals surface area contributed by atoms with Crippen LogP contribution in [0.3, 0.4) is 0 Å². The number of hydrogen-bond donors (Lipinski definition) is 2. The van der Waals surface area contributed by atoms with E-state index in [4.69, 9.17) is 15.2 Å². The quantitative estimate of drug-likeness (QED) is 0.489. The third kappa shape index (κ3) is 4.55. The molecule has 2 heterocycles. The molecule has 4 atom stereocenters. The fraction of sp³-hybridized carbons (Fsp3) is 0.786. The summed E-state index contributed by atoms with van der Waals surface area (Å²) in [6.07, 6.45) is -0.0807. The number of esters is 1. The van der Waals surface area contributed by atoms with Crippen LogP contribution in [0.5, 0.6) is 0 Å². The van der Waals surface area contributed by atoms with Crippen molar-refractivity contribution in [3.8, 4) is 0 Å². The maximum Gasteiger partial charge on any atom is 0.328 e. The molecule has 2 aliphatic rings. The Hall–Kier alpha value is -1.38. The molecule has 0 saturated carbocycles. The molecule has 8 nitrogen and oxygen atoms in total. The average molecular weight is 350 g/mol. The zero-order valence-electron chi connectivity index (χ0n) is 13.5. The molecule has 2 rings (SSSR count). The van der Waals surface area contributed by atoms with Crippen LogP contribution in [0.1, 0.15) is 27.2 Å². The molecular formula is C14H24ClN3O5. The van der Waals surface area contributed by atoms with Gasteiger partial charge in [0.15, 0.2) is 0 Å². The number of hydrogen-bond acceptors (Lipinski definition) is 6. The molecule has 23 heavy (non-hydrogen) atoms. The molecule has 2 amide bonds. The maximum absolute atomic E-state index is 11.9. The van der Waals surface area contributed by atoms with Gasteiger partial charge in [-0.25, -0.2) is 4.79 Å². The summed E-state index contributed by atoms with van der Waals surface area (Å²) >= 11 is 0. The van der Waals surface area contributed by atoms with Gasteiger partial charge in [0.05, 0.1) is 19.0 Å². The molecule has 2 fully saturated rings. The Morgan fingerprint density at radius 1 is 1.43 bits per heavy atom. The standard InChI is InChI=1S/C14H23N3O5.ClH/c1-7(2)12(15)13(19)16-8(3)14(20)21-6-9-5-17-10(18)4-11(17)22-9;/h7-9,11-12H,4-6,15H2,1-3H3,(H,16,19);1H. The van der Waals surface area contributed by atoms with Crippen LogP contribution >= 0.6 is 12.4 Å². The Morgan fingerprint density at radius 2 is 2.09 bits per heavy atom. The Bertz CT molecular complexity index is 473. The molecule has 0 aromatic rings. The molecule has 4 unspecified atom stereocenters. The second kappa shape index (κ2) is 7.94. The average Bonchev–Trinajstić information content (AvgIpc) is 2.80. The van der Waals surface area contributed by atoms with Crippen LogP contribution in [0.15, 0.2) is 0 Å². The molecule has 9 heteroatoms. The topological polar surface area (TPSA) is 111 Å². The van der Waals surface area contributed by atoms with Crippen LogP contribution in [0.2, 0.25) is 0 Å². The van der Waals surface area contributed by atoms with Gasteiger partial charge in [0.1, 0.15) is 25.0 Å². The van der Waals surface area contributed by atoms with Gasteiger partial charge in [-0.05, 0) is 12.8 Å². The van der Waals surface area contributed by atoms with Gasteiger partial charge in [-0.3, -0.25) is 9.59 Å². The van der Waals surface area contributed by atoms with E-state index in [1.807, 2.05) is 13.8 Å². The number of amides is 2. The molecule has 3 N–H and O–H groups in total. The fourth-order valence-electron chi connectivity index (χ4n) is 2.31. The molecule has 2 saturated heterocycles. The molecule has 2 aliphatic heterocycles. The molecule has 0 bridgehead atoms. The van der Waals surface area contributed by atoms with Crippen LogP contribution in [-0.2, 0) is 23.9 Å². The minimum atomic E-state index is -0.780. The first-order chi connectivity index (χ1) is 10.3. The summed E-state index contributed by atoms with van der Waals surface area (Å²) in [5, 5.41) is 2.53. The van der Waals surface area contributed by atoms with E-state index in [1.54, 1.807) is 11.8 Å². The van der Waals surface area contributed by atoms with Gasteiger partial charge in [-0.1, -0.05) is 13.8 Å². The van der Waals surface area contributed by atoms with Crippen molar-refractivity contribution in [2.24, 2.45) is 11.7 Å². The normalized spacial score (nSPS) is 25.1. The smallest absolute Gasteiger partial charge is 0.328 e. The Labute approximate surface area is 141 Å². The number of β-lactam (4-membered cyclic amide) rings is 1. The van der Waals surface area contributed by atoms with Crippen molar-refractivity contribution in [2.45, 2.75) is 51.6 Å². The Kier molecular flexibility index (Phi) is 6.79. The van der Waals surface area contributed by atoms with Crippen LogP contribution in [-0.4, -0.2) is 60.3 Å². The first kappa shape index (κ1) is 19.7. The van der Waals surface area contributed by atoms with E-state index in [0.29, 0.717) is 13.0 Å². The SMILES string of the molecule is CC(NC(=O)C(N)C(C)C)C(=O)OCC1CN2C(=O)CC2O1.Cl. The van der Waals surface area contributed by atoms with Crippen molar-refractivity contribution < 1.29 is 23.9 Å². The third-order valence-electron chi connectivity index (χ3n) is 3.91. The molecule has 0 radical (unpaired) electrons. The molecule has 132 valence electrons. The van der Waals surface area contributed by atoms with E-state index in [1.165, 1.54) is 0 Å². The van der Waals surface area contributed by atoms with Gasteiger partial charge in [-0.2, -0.15) is 0 Å². The zero-order chi connectivity index (χ0) is 16.4. The summed E-state index contributed by atoms with van der Waals surface area (Å²) < 4.78 is 10.7. The number of ether oxygens (including phenoxy) is 2. The second-order valence-electron chi connectivity index (χ2n) is 6.09. The van der Waals surface area contributed by atoms with E-state index in [9.17, 15) is 14.4 Å². The van der Waals surface area contributed by atoms with E-state index >= 15 is 0 Å². The fourth-order valence-corrected chi connectivity index (χ4v) is 2.31.